The summed E-state index contributed by atoms with van der Waals surface area (Å²) in [6.07, 6.45) is 0. The van der Waals surface area contributed by atoms with Crippen LogP contribution in [-0.4, -0.2) is 51.1 Å². The first kappa shape index (κ1) is 18.4. The molecule has 1 atom stereocenters. The maximum atomic E-state index is 11.3. The number of anilines is 2. The van der Waals surface area contributed by atoms with E-state index in [1.54, 1.807) is 0 Å². The minimum absolute atomic E-state index is 0.0457. The van der Waals surface area contributed by atoms with Crippen molar-refractivity contribution in [1.82, 2.24) is 10.2 Å². The summed E-state index contributed by atoms with van der Waals surface area (Å²) in [6, 6.07) is 17.2. The average molecular weight is 352 g/mol. The van der Waals surface area contributed by atoms with Gasteiger partial charge < -0.3 is 15.5 Å². The molecular formula is C21H28N4O. The molecule has 3 rings (SSSR count). The zero-order chi connectivity index (χ0) is 18.5. The Hall–Kier alpha value is -2.37. The second kappa shape index (κ2) is 8.34. The van der Waals surface area contributed by atoms with Gasteiger partial charge >= 0.3 is 0 Å². The van der Waals surface area contributed by atoms with Crippen molar-refractivity contribution in [2.24, 2.45) is 0 Å². The number of carbonyl (C=O) groups is 1. The van der Waals surface area contributed by atoms with E-state index in [2.05, 4.69) is 70.9 Å². The molecular weight excluding hydrogens is 324 g/mol. The molecule has 0 spiro atoms. The molecule has 1 saturated heterocycles. The molecule has 1 aliphatic rings. The van der Waals surface area contributed by atoms with Crippen LogP contribution in [0.2, 0.25) is 0 Å². The molecule has 0 bridgehead atoms. The summed E-state index contributed by atoms with van der Waals surface area (Å²) >= 11 is 0. The maximum Gasteiger partial charge on any atom is 0.221 e. The molecule has 1 amide bonds. The Morgan fingerprint density at radius 1 is 1.00 bits per heavy atom. The van der Waals surface area contributed by atoms with E-state index in [9.17, 15) is 4.79 Å². The quantitative estimate of drug-likeness (QED) is 0.869. The molecule has 0 radical (unpaired) electrons. The fourth-order valence-corrected chi connectivity index (χ4v) is 3.46. The highest BCUT2D eigenvalue weighted by Crippen LogP contribution is 2.31. The lowest BCUT2D eigenvalue weighted by Gasteiger charge is -2.35. The van der Waals surface area contributed by atoms with Gasteiger partial charge in [-0.1, -0.05) is 24.3 Å². The van der Waals surface area contributed by atoms with E-state index in [0.717, 1.165) is 31.9 Å². The van der Waals surface area contributed by atoms with Gasteiger partial charge in [0.2, 0.25) is 5.91 Å². The van der Waals surface area contributed by atoms with Crippen LogP contribution in [0.3, 0.4) is 0 Å². The Morgan fingerprint density at radius 2 is 1.54 bits per heavy atom. The number of hydrogen-bond donors (Lipinski definition) is 2. The zero-order valence-corrected chi connectivity index (χ0v) is 15.8. The number of benzene rings is 2. The Kier molecular flexibility index (Phi) is 5.91. The molecule has 26 heavy (non-hydrogen) atoms. The van der Waals surface area contributed by atoms with Gasteiger partial charge in [-0.15, -0.1) is 0 Å². The molecule has 2 aromatic rings. The van der Waals surface area contributed by atoms with Crippen LogP contribution in [0.5, 0.6) is 0 Å². The Morgan fingerprint density at radius 3 is 2.04 bits per heavy atom. The van der Waals surface area contributed by atoms with E-state index < -0.39 is 0 Å². The lowest BCUT2D eigenvalue weighted by Crippen LogP contribution is -2.45. The predicted octanol–water partition coefficient (Wildman–Crippen LogP) is 2.71. The highest BCUT2D eigenvalue weighted by Gasteiger charge is 2.24. The number of nitrogens with zero attached hydrogens (tertiary/aromatic N) is 2. The van der Waals surface area contributed by atoms with Crippen molar-refractivity contribution in [3.8, 4) is 0 Å². The van der Waals surface area contributed by atoms with Gasteiger partial charge in [-0.3, -0.25) is 9.69 Å². The van der Waals surface area contributed by atoms with Crippen molar-refractivity contribution in [2.45, 2.75) is 13.0 Å². The van der Waals surface area contributed by atoms with Crippen molar-refractivity contribution in [3.63, 3.8) is 0 Å². The number of nitrogens with one attached hydrogen (secondary N) is 2. The highest BCUT2D eigenvalue weighted by atomic mass is 16.1. The molecule has 138 valence electrons. The van der Waals surface area contributed by atoms with Crippen LogP contribution in [0.1, 0.15) is 24.1 Å². The summed E-state index contributed by atoms with van der Waals surface area (Å²) in [7, 11) is 4.12. The van der Waals surface area contributed by atoms with Crippen LogP contribution < -0.4 is 15.5 Å². The van der Waals surface area contributed by atoms with Crippen molar-refractivity contribution in [3.05, 3.63) is 59.7 Å². The number of amides is 1. The average Bonchev–Trinajstić information content (AvgIpc) is 2.64. The van der Waals surface area contributed by atoms with Gasteiger partial charge in [-0.25, -0.2) is 0 Å². The topological polar surface area (TPSA) is 47.6 Å². The number of carbonyl (C=O) groups excluding carboxylic acids is 1. The van der Waals surface area contributed by atoms with E-state index in [4.69, 9.17) is 0 Å². The third-order valence-corrected chi connectivity index (χ3v) is 4.79. The SMILES string of the molecule is CC(=O)Nc1ccc(C(c2ccc(N(C)C)cc2)N2CCNCC2)cc1. The third kappa shape index (κ3) is 4.42. The lowest BCUT2D eigenvalue weighted by molar-refractivity contribution is -0.114. The molecule has 0 aromatic heterocycles. The van der Waals surface area contributed by atoms with Gasteiger partial charge in [0.15, 0.2) is 0 Å². The molecule has 5 nitrogen and oxygen atoms in total. The molecule has 1 aliphatic heterocycles. The van der Waals surface area contributed by atoms with Crippen LogP contribution in [-0.2, 0) is 4.79 Å². The molecule has 0 saturated carbocycles. The van der Waals surface area contributed by atoms with E-state index in [-0.39, 0.29) is 11.9 Å². The summed E-state index contributed by atoms with van der Waals surface area (Å²) in [5.74, 6) is -0.0457. The summed E-state index contributed by atoms with van der Waals surface area (Å²) in [6.45, 7) is 5.59. The van der Waals surface area contributed by atoms with Gasteiger partial charge in [0.1, 0.15) is 0 Å². The Labute approximate surface area is 156 Å². The van der Waals surface area contributed by atoms with Crippen molar-refractivity contribution < 1.29 is 4.79 Å². The second-order valence-electron chi connectivity index (χ2n) is 6.98. The summed E-state index contributed by atoms with van der Waals surface area (Å²) in [5.41, 5.74) is 4.58. The zero-order valence-electron chi connectivity index (χ0n) is 15.8. The monoisotopic (exact) mass is 352 g/mol. The number of piperazine rings is 1. The summed E-state index contributed by atoms with van der Waals surface area (Å²) in [4.78, 5) is 15.9. The van der Waals surface area contributed by atoms with E-state index in [1.807, 2.05) is 12.1 Å². The van der Waals surface area contributed by atoms with Crippen LogP contribution in [0.25, 0.3) is 0 Å². The number of rotatable bonds is 5. The van der Waals surface area contributed by atoms with Crippen LogP contribution in [0.4, 0.5) is 11.4 Å². The van der Waals surface area contributed by atoms with Crippen molar-refractivity contribution in [2.75, 3.05) is 50.5 Å². The minimum atomic E-state index is -0.0457. The molecule has 1 unspecified atom stereocenters. The normalized spacial score (nSPS) is 16.1. The molecule has 1 heterocycles. The van der Waals surface area contributed by atoms with Crippen molar-refractivity contribution in [1.29, 1.82) is 0 Å². The summed E-state index contributed by atoms with van der Waals surface area (Å²) < 4.78 is 0. The fraction of sp³-hybridized carbons (Fsp3) is 0.381. The Bertz CT molecular complexity index is 719. The largest absolute Gasteiger partial charge is 0.378 e. The number of hydrogen-bond acceptors (Lipinski definition) is 4. The predicted molar refractivity (Wildman–Crippen MR) is 108 cm³/mol. The molecule has 5 heteroatoms. The molecule has 2 aromatic carbocycles. The fourth-order valence-electron chi connectivity index (χ4n) is 3.46. The third-order valence-electron chi connectivity index (χ3n) is 4.79. The van der Waals surface area contributed by atoms with Crippen molar-refractivity contribution >= 4 is 17.3 Å². The van der Waals surface area contributed by atoms with Crippen LogP contribution in [0.15, 0.2) is 48.5 Å². The highest BCUT2D eigenvalue weighted by molar-refractivity contribution is 5.88. The van der Waals surface area contributed by atoms with Crippen LogP contribution in [0, 0.1) is 0 Å². The second-order valence-corrected chi connectivity index (χ2v) is 6.98. The van der Waals surface area contributed by atoms with E-state index in [1.165, 1.54) is 23.7 Å². The van der Waals surface area contributed by atoms with Gasteiger partial charge in [-0.05, 0) is 35.4 Å². The smallest absolute Gasteiger partial charge is 0.221 e. The van der Waals surface area contributed by atoms with Crippen LogP contribution >= 0.6 is 0 Å². The standard InChI is InChI=1S/C21H28N4O/c1-16(26)23-19-8-4-17(5-9-19)21(25-14-12-22-13-15-25)18-6-10-20(11-7-18)24(2)3/h4-11,21-22H,12-15H2,1-3H3,(H,23,26). The lowest BCUT2D eigenvalue weighted by atomic mass is 9.96. The van der Waals surface area contributed by atoms with Gasteiger partial charge in [0.05, 0.1) is 6.04 Å². The maximum absolute atomic E-state index is 11.3. The Balaban J connectivity index is 1.91. The van der Waals surface area contributed by atoms with Gasteiger partial charge in [0.25, 0.3) is 0 Å². The first-order chi connectivity index (χ1) is 12.5. The summed E-state index contributed by atoms with van der Waals surface area (Å²) in [5, 5.41) is 6.27. The molecule has 2 N–H and O–H groups in total. The first-order valence-electron chi connectivity index (χ1n) is 9.14. The van der Waals surface area contributed by atoms with Gasteiger partial charge in [0, 0.05) is 58.6 Å². The molecule has 1 fully saturated rings. The van der Waals surface area contributed by atoms with Gasteiger partial charge in [-0.2, -0.15) is 0 Å². The minimum Gasteiger partial charge on any atom is -0.378 e. The molecule has 0 aliphatic carbocycles. The van der Waals surface area contributed by atoms with E-state index in [0.29, 0.717) is 0 Å². The first-order valence-corrected chi connectivity index (χ1v) is 9.14. The van der Waals surface area contributed by atoms with E-state index >= 15 is 0 Å².